The Morgan fingerprint density at radius 3 is 2.67 bits per heavy atom. The number of aliphatic hydroxyl groups is 1. The summed E-state index contributed by atoms with van der Waals surface area (Å²) in [5.41, 5.74) is 6.41. The molecule has 0 radical (unpaired) electrons. The van der Waals surface area contributed by atoms with E-state index in [4.69, 9.17) is 22.1 Å². The van der Waals surface area contributed by atoms with Gasteiger partial charge >= 0.3 is 0 Å². The Kier molecular flexibility index (Phi) is 4.67. The summed E-state index contributed by atoms with van der Waals surface area (Å²) in [5.74, 6) is 0. The zero-order valence-electron chi connectivity index (χ0n) is 10.0. The number of aliphatic hydroxyl groups excluding tert-OH is 1. The second kappa shape index (κ2) is 5.88. The lowest BCUT2D eigenvalue weighted by atomic mass is 9.73. The number of ether oxygens (including phenoxy) is 1. The lowest BCUT2D eigenvalue weighted by Crippen LogP contribution is -2.41. The van der Waals surface area contributed by atoms with Crippen molar-refractivity contribution in [1.82, 2.24) is 0 Å². The van der Waals surface area contributed by atoms with Crippen LogP contribution in [0.4, 0.5) is 0 Å². The number of hydrogen-bond acceptors (Lipinski definition) is 3. The van der Waals surface area contributed by atoms with Crippen LogP contribution in [-0.2, 0) is 4.74 Å². The summed E-state index contributed by atoms with van der Waals surface area (Å²) in [6, 6.07) is 5.53. The van der Waals surface area contributed by atoms with Gasteiger partial charge in [0.2, 0.25) is 0 Å². The predicted octanol–water partition coefficient (Wildman–Crippen LogP) is 2.89. The van der Waals surface area contributed by atoms with Crippen molar-refractivity contribution in [3.05, 3.63) is 33.3 Å². The first kappa shape index (κ1) is 14.3. The summed E-state index contributed by atoms with van der Waals surface area (Å²) < 4.78 is 6.18. The van der Waals surface area contributed by atoms with Gasteiger partial charge in [-0.1, -0.05) is 17.7 Å². The van der Waals surface area contributed by atoms with Gasteiger partial charge in [-0.3, -0.25) is 0 Å². The summed E-state index contributed by atoms with van der Waals surface area (Å²) in [6.07, 6.45) is 0.952. The largest absolute Gasteiger partial charge is 0.388 e. The average molecular weight is 335 g/mol. The molecule has 1 aliphatic heterocycles. The number of benzene rings is 1. The summed E-state index contributed by atoms with van der Waals surface area (Å²) in [7, 11) is 0. The second-order valence-corrected chi connectivity index (χ2v) is 6.02. The molecule has 1 heterocycles. The first-order valence-electron chi connectivity index (χ1n) is 6.00. The normalized spacial score (nSPS) is 20.7. The third-order valence-corrected chi connectivity index (χ3v) is 4.97. The minimum absolute atomic E-state index is 0.296. The highest BCUT2D eigenvalue weighted by Gasteiger charge is 2.39. The molecule has 1 aromatic carbocycles. The van der Waals surface area contributed by atoms with E-state index < -0.39 is 6.10 Å². The molecule has 2 rings (SSSR count). The maximum absolute atomic E-state index is 10.6. The van der Waals surface area contributed by atoms with E-state index in [2.05, 4.69) is 15.9 Å². The second-order valence-electron chi connectivity index (χ2n) is 4.75. The monoisotopic (exact) mass is 333 g/mol. The van der Waals surface area contributed by atoms with E-state index in [0.717, 1.165) is 22.9 Å². The van der Waals surface area contributed by atoms with Crippen LogP contribution in [0.5, 0.6) is 0 Å². The number of halogens is 2. The van der Waals surface area contributed by atoms with E-state index in [1.54, 1.807) is 6.07 Å². The van der Waals surface area contributed by atoms with Gasteiger partial charge in [0.05, 0.1) is 11.1 Å². The highest BCUT2D eigenvalue weighted by molar-refractivity contribution is 9.10. The summed E-state index contributed by atoms with van der Waals surface area (Å²) in [4.78, 5) is 0. The van der Waals surface area contributed by atoms with Gasteiger partial charge in [-0.25, -0.2) is 0 Å². The molecule has 0 aromatic heterocycles. The van der Waals surface area contributed by atoms with Gasteiger partial charge in [-0.2, -0.15) is 0 Å². The molecule has 5 heteroatoms. The third kappa shape index (κ3) is 2.73. The lowest BCUT2D eigenvalue weighted by molar-refractivity contribution is -0.0581. The predicted molar refractivity (Wildman–Crippen MR) is 75.7 cm³/mol. The topological polar surface area (TPSA) is 55.5 Å². The van der Waals surface area contributed by atoms with Crippen molar-refractivity contribution in [2.75, 3.05) is 19.8 Å². The summed E-state index contributed by atoms with van der Waals surface area (Å²) in [5, 5.41) is 11.2. The molecule has 0 bridgehead atoms. The van der Waals surface area contributed by atoms with Gasteiger partial charge in [0.1, 0.15) is 0 Å². The molecule has 1 fully saturated rings. The maximum atomic E-state index is 10.6. The van der Waals surface area contributed by atoms with Crippen LogP contribution >= 0.6 is 27.5 Å². The summed E-state index contributed by atoms with van der Waals surface area (Å²) >= 11 is 9.42. The fraction of sp³-hybridized carbons (Fsp3) is 0.538. The van der Waals surface area contributed by atoms with Gasteiger partial charge in [0, 0.05) is 29.6 Å². The Balaban J connectivity index is 2.27. The zero-order valence-corrected chi connectivity index (χ0v) is 12.4. The Morgan fingerprint density at radius 1 is 1.44 bits per heavy atom. The highest BCUT2D eigenvalue weighted by Crippen LogP contribution is 2.42. The van der Waals surface area contributed by atoms with Gasteiger partial charge in [-0.05, 0) is 46.5 Å². The smallest absolute Gasteiger partial charge is 0.0860 e. The van der Waals surface area contributed by atoms with Crippen molar-refractivity contribution in [2.24, 2.45) is 11.1 Å². The molecule has 3 nitrogen and oxygen atoms in total. The standard InChI is InChI=1S/C13H17BrClNO2/c14-10-2-1-9(7-11(10)15)12(17)13(8-16)3-5-18-6-4-13/h1-2,7,12,17H,3-6,8,16H2. The Bertz CT molecular complexity index is 421. The molecule has 3 N–H and O–H groups in total. The van der Waals surface area contributed by atoms with Crippen molar-refractivity contribution in [1.29, 1.82) is 0 Å². The van der Waals surface area contributed by atoms with Crippen LogP contribution in [0, 0.1) is 5.41 Å². The van der Waals surface area contributed by atoms with Gasteiger partial charge in [0.25, 0.3) is 0 Å². The molecule has 1 saturated heterocycles. The van der Waals surface area contributed by atoms with Crippen LogP contribution in [0.15, 0.2) is 22.7 Å². The van der Waals surface area contributed by atoms with Crippen molar-refractivity contribution in [3.8, 4) is 0 Å². The summed E-state index contributed by atoms with van der Waals surface area (Å²) in [6.45, 7) is 1.75. The van der Waals surface area contributed by atoms with Crippen LogP contribution in [0.25, 0.3) is 0 Å². The molecular weight excluding hydrogens is 318 g/mol. The Hall–Kier alpha value is -0.130. The zero-order chi connectivity index (χ0) is 13.2. The molecule has 0 amide bonds. The van der Waals surface area contributed by atoms with Crippen molar-refractivity contribution in [3.63, 3.8) is 0 Å². The first-order chi connectivity index (χ1) is 8.59. The molecule has 0 aliphatic carbocycles. The lowest BCUT2D eigenvalue weighted by Gasteiger charge is -2.40. The third-order valence-electron chi connectivity index (χ3n) is 3.73. The van der Waals surface area contributed by atoms with Crippen molar-refractivity contribution >= 4 is 27.5 Å². The van der Waals surface area contributed by atoms with E-state index >= 15 is 0 Å². The van der Waals surface area contributed by atoms with Gasteiger partial charge in [0.15, 0.2) is 0 Å². The number of rotatable bonds is 3. The van der Waals surface area contributed by atoms with Crippen molar-refractivity contribution in [2.45, 2.75) is 18.9 Å². The van der Waals surface area contributed by atoms with Crippen molar-refractivity contribution < 1.29 is 9.84 Å². The van der Waals surface area contributed by atoms with Gasteiger partial charge < -0.3 is 15.6 Å². The van der Waals surface area contributed by atoms with E-state index in [1.807, 2.05) is 12.1 Å². The van der Waals surface area contributed by atoms with Crippen LogP contribution in [-0.4, -0.2) is 24.9 Å². The molecule has 1 aromatic rings. The molecular formula is C13H17BrClNO2. The number of hydrogen-bond donors (Lipinski definition) is 2. The van der Waals surface area contributed by atoms with E-state index in [0.29, 0.717) is 24.8 Å². The van der Waals surface area contributed by atoms with Gasteiger partial charge in [-0.15, -0.1) is 0 Å². The average Bonchev–Trinajstić information content (AvgIpc) is 2.42. The fourth-order valence-electron chi connectivity index (χ4n) is 2.40. The molecule has 0 saturated carbocycles. The highest BCUT2D eigenvalue weighted by atomic mass is 79.9. The minimum atomic E-state index is -0.600. The van der Waals surface area contributed by atoms with E-state index in [9.17, 15) is 5.11 Å². The quantitative estimate of drug-likeness (QED) is 0.893. The van der Waals surface area contributed by atoms with Crippen LogP contribution in [0.3, 0.4) is 0 Å². The van der Waals surface area contributed by atoms with Crippen LogP contribution in [0.2, 0.25) is 5.02 Å². The molecule has 100 valence electrons. The molecule has 1 aliphatic rings. The number of nitrogens with two attached hydrogens (primary N) is 1. The SMILES string of the molecule is NCC1(C(O)c2ccc(Br)c(Cl)c2)CCOCC1. The van der Waals surface area contributed by atoms with Crippen LogP contribution in [0.1, 0.15) is 24.5 Å². The van der Waals surface area contributed by atoms with Crippen LogP contribution < -0.4 is 5.73 Å². The first-order valence-corrected chi connectivity index (χ1v) is 7.17. The minimum Gasteiger partial charge on any atom is -0.388 e. The fourth-order valence-corrected chi connectivity index (χ4v) is 2.84. The van der Waals surface area contributed by atoms with E-state index in [1.165, 1.54) is 0 Å². The molecule has 1 atom stereocenters. The molecule has 0 spiro atoms. The Labute approximate surface area is 120 Å². The molecule has 1 unspecified atom stereocenters. The maximum Gasteiger partial charge on any atom is 0.0860 e. The van der Waals surface area contributed by atoms with E-state index in [-0.39, 0.29) is 5.41 Å². The molecule has 18 heavy (non-hydrogen) atoms. The Morgan fingerprint density at radius 2 is 2.11 bits per heavy atom.